The summed E-state index contributed by atoms with van der Waals surface area (Å²) in [6, 6.07) is 1.60. The number of aromatic nitrogens is 2. The predicted molar refractivity (Wildman–Crippen MR) is 84.8 cm³/mol. The van der Waals surface area contributed by atoms with Gasteiger partial charge in [0.2, 0.25) is 17.7 Å². The standard InChI is InChI=1S/C17H22N4O3/c1-9-6-13(20-19-9)10-2-3-12-11(7-10)8-21(17(12)24)14-4-5-15(22)18-16(14)23/h6,10-12,14H,2-5,7-8H2,1H3,(H,19,20)(H,18,22,23). The number of likely N-dealkylation sites (tertiary alicyclic amines) is 1. The van der Waals surface area contributed by atoms with Crippen LogP contribution in [0.1, 0.15) is 49.4 Å². The van der Waals surface area contributed by atoms with Gasteiger partial charge in [-0.2, -0.15) is 5.10 Å². The number of nitrogens with one attached hydrogen (secondary N) is 2. The lowest BCUT2D eigenvalue weighted by Gasteiger charge is -2.29. The highest BCUT2D eigenvalue weighted by Gasteiger charge is 2.48. The second-order valence-corrected chi connectivity index (χ2v) is 7.31. The van der Waals surface area contributed by atoms with E-state index in [2.05, 4.69) is 21.6 Å². The normalized spacial score (nSPS) is 33.5. The average molecular weight is 330 g/mol. The van der Waals surface area contributed by atoms with Crippen LogP contribution in [0.4, 0.5) is 0 Å². The molecule has 2 saturated heterocycles. The van der Waals surface area contributed by atoms with Gasteiger partial charge in [-0.25, -0.2) is 0 Å². The highest BCUT2D eigenvalue weighted by Crippen LogP contribution is 2.44. The predicted octanol–water partition coefficient (Wildman–Crippen LogP) is 0.865. The summed E-state index contributed by atoms with van der Waals surface area (Å²) in [5.41, 5.74) is 2.14. The largest absolute Gasteiger partial charge is 0.330 e. The first-order valence-corrected chi connectivity index (χ1v) is 8.69. The minimum Gasteiger partial charge on any atom is -0.330 e. The summed E-state index contributed by atoms with van der Waals surface area (Å²) in [6.07, 6.45) is 3.50. The summed E-state index contributed by atoms with van der Waals surface area (Å²) < 4.78 is 0. The number of hydrogen-bond donors (Lipinski definition) is 2. The summed E-state index contributed by atoms with van der Waals surface area (Å²) in [7, 11) is 0. The molecular formula is C17H22N4O3. The first-order valence-electron chi connectivity index (χ1n) is 8.69. The SMILES string of the molecule is Cc1cc(C2CCC3C(=O)N(C4CCC(=O)NC4=O)CC3C2)n[nH]1. The zero-order valence-corrected chi connectivity index (χ0v) is 13.7. The van der Waals surface area contributed by atoms with E-state index in [-0.39, 0.29) is 29.6 Å². The molecule has 2 aliphatic heterocycles. The van der Waals surface area contributed by atoms with E-state index < -0.39 is 6.04 Å². The number of piperidine rings is 1. The molecule has 7 heteroatoms. The van der Waals surface area contributed by atoms with E-state index >= 15 is 0 Å². The van der Waals surface area contributed by atoms with E-state index in [1.807, 2.05) is 6.92 Å². The minimum absolute atomic E-state index is 0.0201. The summed E-state index contributed by atoms with van der Waals surface area (Å²) in [4.78, 5) is 37.9. The van der Waals surface area contributed by atoms with Gasteiger partial charge in [-0.3, -0.25) is 24.8 Å². The second-order valence-electron chi connectivity index (χ2n) is 7.31. The Bertz CT molecular complexity index is 698. The molecule has 1 aromatic heterocycles. The first kappa shape index (κ1) is 15.4. The fourth-order valence-electron chi connectivity index (χ4n) is 4.52. The second kappa shape index (κ2) is 5.72. The zero-order valence-electron chi connectivity index (χ0n) is 13.7. The molecule has 4 unspecified atom stereocenters. The molecule has 4 rings (SSSR count). The third kappa shape index (κ3) is 2.52. The van der Waals surface area contributed by atoms with Crippen LogP contribution in [0.15, 0.2) is 6.07 Å². The molecule has 2 N–H and O–H groups in total. The number of hydrogen-bond acceptors (Lipinski definition) is 4. The number of aromatic amines is 1. The quantitative estimate of drug-likeness (QED) is 0.787. The highest BCUT2D eigenvalue weighted by atomic mass is 16.2. The molecule has 1 aliphatic carbocycles. The number of amides is 3. The van der Waals surface area contributed by atoms with Gasteiger partial charge in [0.25, 0.3) is 0 Å². The van der Waals surface area contributed by atoms with Gasteiger partial charge >= 0.3 is 0 Å². The van der Waals surface area contributed by atoms with E-state index in [0.717, 1.165) is 30.7 Å². The molecule has 128 valence electrons. The van der Waals surface area contributed by atoms with Gasteiger partial charge in [0.05, 0.1) is 5.69 Å². The Morgan fingerprint density at radius 2 is 2.04 bits per heavy atom. The van der Waals surface area contributed by atoms with Crippen molar-refractivity contribution in [2.75, 3.05) is 6.54 Å². The number of fused-ring (bicyclic) bond motifs is 1. The van der Waals surface area contributed by atoms with Gasteiger partial charge in [-0.05, 0) is 44.6 Å². The molecule has 24 heavy (non-hydrogen) atoms. The molecule has 4 atom stereocenters. The lowest BCUT2D eigenvalue weighted by atomic mass is 9.74. The molecule has 0 aromatic carbocycles. The summed E-state index contributed by atoms with van der Waals surface area (Å²) in [6.45, 7) is 2.61. The summed E-state index contributed by atoms with van der Waals surface area (Å²) in [5.74, 6) is 0.203. The van der Waals surface area contributed by atoms with E-state index in [4.69, 9.17) is 0 Å². The van der Waals surface area contributed by atoms with Crippen LogP contribution in [0.3, 0.4) is 0 Å². The Morgan fingerprint density at radius 1 is 1.21 bits per heavy atom. The maximum Gasteiger partial charge on any atom is 0.249 e. The van der Waals surface area contributed by atoms with Crippen LogP contribution in [0.5, 0.6) is 0 Å². The number of carbonyl (C=O) groups excluding carboxylic acids is 3. The van der Waals surface area contributed by atoms with E-state index in [1.165, 1.54) is 0 Å². The van der Waals surface area contributed by atoms with Crippen molar-refractivity contribution >= 4 is 17.7 Å². The van der Waals surface area contributed by atoms with Crippen molar-refractivity contribution in [3.8, 4) is 0 Å². The lowest BCUT2D eigenvalue weighted by molar-refractivity contribution is -0.144. The van der Waals surface area contributed by atoms with Crippen molar-refractivity contribution in [2.24, 2.45) is 11.8 Å². The third-order valence-electron chi connectivity index (χ3n) is 5.74. The van der Waals surface area contributed by atoms with Crippen molar-refractivity contribution in [2.45, 2.75) is 51.0 Å². The molecule has 3 amide bonds. The molecule has 0 spiro atoms. The number of rotatable bonds is 2. The van der Waals surface area contributed by atoms with Crippen molar-refractivity contribution < 1.29 is 14.4 Å². The molecular weight excluding hydrogens is 308 g/mol. The smallest absolute Gasteiger partial charge is 0.249 e. The topological polar surface area (TPSA) is 95.2 Å². The van der Waals surface area contributed by atoms with Gasteiger partial charge in [0, 0.05) is 30.5 Å². The van der Waals surface area contributed by atoms with Crippen LogP contribution >= 0.6 is 0 Å². The highest BCUT2D eigenvalue weighted by molar-refractivity contribution is 6.02. The van der Waals surface area contributed by atoms with Gasteiger partial charge in [-0.15, -0.1) is 0 Å². The van der Waals surface area contributed by atoms with Crippen molar-refractivity contribution in [1.82, 2.24) is 20.4 Å². The maximum absolute atomic E-state index is 12.8. The van der Waals surface area contributed by atoms with E-state index in [9.17, 15) is 14.4 Å². The molecule has 0 radical (unpaired) electrons. The van der Waals surface area contributed by atoms with Crippen LogP contribution in [-0.4, -0.2) is 45.4 Å². The fourth-order valence-corrected chi connectivity index (χ4v) is 4.52. The maximum atomic E-state index is 12.8. The Labute approximate surface area is 140 Å². The Hall–Kier alpha value is -2.18. The van der Waals surface area contributed by atoms with Gasteiger partial charge < -0.3 is 4.90 Å². The van der Waals surface area contributed by atoms with Crippen LogP contribution in [0, 0.1) is 18.8 Å². The number of carbonyl (C=O) groups is 3. The van der Waals surface area contributed by atoms with E-state index in [0.29, 0.717) is 25.3 Å². The molecule has 7 nitrogen and oxygen atoms in total. The van der Waals surface area contributed by atoms with Crippen LogP contribution in [-0.2, 0) is 14.4 Å². The van der Waals surface area contributed by atoms with Crippen molar-refractivity contribution in [3.05, 3.63) is 17.5 Å². The Morgan fingerprint density at radius 3 is 2.75 bits per heavy atom. The zero-order chi connectivity index (χ0) is 16.8. The molecule has 0 bridgehead atoms. The molecule has 3 fully saturated rings. The third-order valence-corrected chi connectivity index (χ3v) is 5.74. The average Bonchev–Trinajstić information content (AvgIpc) is 3.11. The van der Waals surface area contributed by atoms with Gasteiger partial charge in [0.15, 0.2) is 0 Å². The number of imide groups is 1. The lowest BCUT2D eigenvalue weighted by Crippen LogP contribution is -2.53. The number of aryl methyl sites for hydroxylation is 1. The van der Waals surface area contributed by atoms with Crippen LogP contribution < -0.4 is 5.32 Å². The van der Waals surface area contributed by atoms with Crippen molar-refractivity contribution in [3.63, 3.8) is 0 Å². The molecule has 3 aliphatic rings. The first-order chi connectivity index (χ1) is 11.5. The minimum atomic E-state index is -0.480. The Balaban J connectivity index is 1.48. The Kier molecular flexibility index (Phi) is 3.66. The summed E-state index contributed by atoms with van der Waals surface area (Å²) >= 11 is 0. The number of nitrogens with zero attached hydrogens (tertiary/aromatic N) is 2. The molecule has 1 saturated carbocycles. The number of H-pyrrole nitrogens is 1. The molecule has 1 aromatic rings. The fraction of sp³-hybridized carbons (Fsp3) is 0.647. The molecule has 3 heterocycles. The monoisotopic (exact) mass is 330 g/mol. The van der Waals surface area contributed by atoms with Crippen LogP contribution in [0.25, 0.3) is 0 Å². The van der Waals surface area contributed by atoms with Crippen molar-refractivity contribution in [1.29, 1.82) is 0 Å². The van der Waals surface area contributed by atoms with Gasteiger partial charge in [-0.1, -0.05) is 0 Å². The van der Waals surface area contributed by atoms with Gasteiger partial charge in [0.1, 0.15) is 6.04 Å². The van der Waals surface area contributed by atoms with Crippen LogP contribution in [0.2, 0.25) is 0 Å². The van der Waals surface area contributed by atoms with E-state index in [1.54, 1.807) is 4.90 Å². The summed E-state index contributed by atoms with van der Waals surface area (Å²) in [5, 5.41) is 9.73.